The van der Waals surface area contributed by atoms with Gasteiger partial charge in [0.1, 0.15) is 18.5 Å². The van der Waals surface area contributed by atoms with Crippen molar-refractivity contribution in [2.75, 3.05) is 19.7 Å². The molecule has 96 valence electrons. The number of nitrogens with zero attached hydrogens (tertiary/aromatic N) is 1. The molecule has 2 N–H and O–H groups in total. The fourth-order valence-electron chi connectivity index (χ4n) is 1.38. The molecule has 1 atom stereocenters. The third kappa shape index (κ3) is 5.48. The maximum Gasteiger partial charge on any atom is 0.120 e. The molecule has 0 saturated carbocycles. The Kier molecular flexibility index (Phi) is 6.55. The highest BCUT2D eigenvalue weighted by molar-refractivity contribution is 5.36. The summed E-state index contributed by atoms with van der Waals surface area (Å²) in [5, 5.41) is 21.5. The highest BCUT2D eigenvalue weighted by atomic mass is 16.5. The third-order valence-electron chi connectivity index (χ3n) is 2.31. The first-order chi connectivity index (χ1) is 8.76. The van der Waals surface area contributed by atoms with Crippen LogP contribution >= 0.6 is 0 Å². The van der Waals surface area contributed by atoms with Crippen molar-refractivity contribution in [3.05, 3.63) is 42.5 Å². The van der Waals surface area contributed by atoms with Crippen LogP contribution in [-0.4, -0.2) is 30.9 Å². The molecule has 0 fully saturated rings. The van der Waals surface area contributed by atoms with E-state index < -0.39 is 6.10 Å². The van der Waals surface area contributed by atoms with Gasteiger partial charge in [-0.15, -0.1) is 6.58 Å². The zero-order valence-corrected chi connectivity index (χ0v) is 10.3. The Balaban J connectivity index is 2.27. The van der Waals surface area contributed by atoms with Crippen LogP contribution in [0.25, 0.3) is 0 Å². The molecule has 1 unspecified atom stereocenters. The van der Waals surface area contributed by atoms with E-state index in [1.165, 1.54) is 0 Å². The Bertz CT molecular complexity index is 413. The maximum absolute atomic E-state index is 9.66. The number of nitriles is 1. The summed E-state index contributed by atoms with van der Waals surface area (Å²) in [7, 11) is 0. The summed E-state index contributed by atoms with van der Waals surface area (Å²) >= 11 is 0. The Hall–Kier alpha value is -1.83. The van der Waals surface area contributed by atoms with Crippen LogP contribution in [0.3, 0.4) is 0 Å². The average molecular weight is 246 g/mol. The summed E-state index contributed by atoms with van der Waals surface area (Å²) in [6.45, 7) is 5.09. The van der Waals surface area contributed by atoms with Crippen molar-refractivity contribution in [3.63, 3.8) is 0 Å². The first kappa shape index (κ1) is 14.2. The van der Waals surface area contributed by atoms with Crippen LogP contribution in [0.5, 0.6) is 5.75 Å². The predicted octanol–water partition coefficient (Wildman–Crippen LogP) is 1.46. The quantitative estimate of drug-likeness (QED) is 0.538. The van der Waals surface area contributed by atoms with Crippen molar-refractivity contribution in [1.82, 2.24) is 5.32 Å². The van der Waals surface area contributed by atoms with Crippen LogP contribution < -0.4 is 10.1 Å². The molecule has 1 aromatic rings. The zero-order chi connectivity index (χ0) is 13.2. The normalized spacial score (nSPS) is 11.6. The van der Waals surface area contributed by atoms with Gasteiger partial charge in [0.25, 0.3) is 0 Å². The molecule has 0 aliphatic heterocycles. The highest BCUT2D eigenvalue weighted by Gasteiger charge is 2.04. The number of rotatable bonds is 8. The highest BCUT2D eigenvalue weighted by Crippen LogP contribution is 2.12. The molecule has 1 aromatic carbocycles. The predicted molar refractivity (Wildman–Crippen MR) is 70.3 cm³/mol. The molecule has 0 heterocycles. The molecule has 4 heteroatoms. The molecule has 0 aromatic heterocycles. The van der Waals surface area contributed by atoms with Gasteiger partial charge in [-0.25, -0.2) is 0 Å². The molecule has 0 saturated heterocycles. The Morgan fingerprint density at radius 2 is 2.39 bits per heavy atom. The van der Waals surface area contributed by atoms with E-state index in [4.69, 9.17) is 10.00 Å². The number of hydrogen-bond donors (Lipinski definition) is 2. The van der Waals surface area contributed by atoms with Crippen LogP contribution in [-0.2, 0) is 0 Å². The van der Waals surface area contributed by atoms with Crippen LogP contribution in [0.1, 0.15) is 12.0 Å². The minimum Gasteiger partial charge on any atom is -0.491 e. The number of benzene rings is 1. The largest absolute Gasteiger partial charge is 0.491 e. The molecular weight excluding hydrogens is 228 g/mol. The monoisotopic (exact) mass is 246 g/mol. The van der Waals surface area contributed by atoms with Gasteiger partial charge in [0.05, 0.1) is 11.6 Å². The second-order valence-corrected chi connectivity index (χ2v) is 3.89. The van der Waals surface area contributed by atoms with Crippen molar-refractivity contribution >= 4 is 0 Å². The summed E-state index contributed by atoms with van der Waals surface area (Å²) in [5.41, 5.74) is 0.547. The summed E-state index contributed by atoms with van der Waals surface area (Å²) in [5.74, 6) is 0.596. The molecule has 0 spiro atoms. The van der Waals surface area contributed by atoms with Crippen LogP contribution in [0, 0.1) is 11.3 Å². The van der Waals surface area contributed by atoms with Crippen LogP contribution in [0.4, 0.5) is 0 Å². The number of aliphatic hydroxyl groups excluding tert-OH is 1. The summed E-state index contributed by atoms with van der Waals surface area (Å²) < 4.78 is 5.41. The molecule has 4 nitrogen and oxygen atoms in total. The lowest BCUT2D eigenvalue weighted by atomic mass is 10.2. The van der Waals surface area contributed by atoms with Crippen molar-refractivity contribution < 1.29 is 9.84 Å². The molecule has 0 bridgehead atoms. The second-order valence-electron chi connectivity index (χ2n) is 3.89. The van der Waals surface area contributed by atoms with Crippen molar-refractivity contribution in [2.45, 2.75) is 12.5 Å². The summed E-state index contributed by atoms with van der Waals surface area (Å²) in [6, 6.07) is 8.91. The topological polar surface area (TPSA) is 65.3 Å². The van der Waals surface area contributed by atoms with Gasteiger partial charge >= 0.3 is 0 Å². The Morgan fingerprint density at radius 1 is 1.56 bits per heavy atom. The van der Waals surface area contributed by atoms with Crippen molar-refractivity contribution in [3.8, 4) is 11.8 Å². The van der Waals surface area contributed by atoms with E-state index in [1.807, 2.05) is 12.1 Å². The number of hydrogen-bond acceptors (Lipinski definition) is 4. The summed E-state index contributed by atoms with van der Waals surface area (Å²) in [4.78, 5) is 0. The van der Waals surface area contributed by atoms with Crippen molar-refractivity contribution in [1.29, 1.82) is 5.26 Å². The Labute approximate surface area is 108 Å². The number of nitrogens with one attached hydrogen (secondary N) is 1. The minimum absolute atomic E-state index is 0.204. The molecule has 0 aliphatic rings. The zero-order valence-electron chi connectivity index (χ0n) is 10.3. The van der Waals surface area contributed by atoms with E-state index in [1.54, 1.807) is 24.3 Å². The lowest BCUT2D eigenvalue weighted by Gasteiger charge is -2.13. The van der Waals surface area contributed by atoms with E-state index in [0.29, 0.717) is 17.9 Å². The lowest BCUT2D eigenvalue weighted by Crippen LogP contribution is -2.31. The van der Waals surface area contributed by atoms with Gasteiger partial charge in [-0.2, -0.15) is 5.26 Å². The Morgan fingerprint density at radius 3 is 3.11 bits per heavy atom. The van der Waals surface area contributed by atoms with Crippen LogP contribution in [0.2, 0.25) is 0 Å². The smallest absolute Gasteiger partial charge is 0.120 e. The molecule has 0 amide bonds. The molecule has 0 aliphatic carbocycles. The standard InChI is InChI=1S/C14H18N2O2/c1-2-3-7-16-10-13(17)11-18-14-6-4-5-12(8-14)9-15/h2,4-6,8,13,16-17H,1,3,7,10-11H2. The van der Waals surface area contributed by atoms with Crippen LogP contribution in [0.15, 0.2) is 36.9 Å². The fourth-order valence-corrected chi connectivity index (χ4v) is 1.38. The van der Waals surface area contributed by atoms with E-state index in [0.717, 1.165) is 13.0 Å². The van der Waals surface area contributed by atoms with E-state index in [9.17, 15) is 5.11 Å². The minimum atomic E-state index is -0.569. The van der Waals surface area contributed by atoms with E-state index in [2.05, 4.69) is 11.9 Å². The number of ether oxygens (including phenoxy) is 1. The van der Waals surface area contributed by atoms with E-state index in [-0.39, 0.29) is 6.61 Å². The second kappa shape index (κ2) is 8.29. The average Bonchev–Trinajstić information content (AvgIpc) is 2.41. The summed E-state index contributed by atoms with van der Waals surface area (Å²) in [6.07, 6.45) is 2.13. The van der Waals surface area contributed by atoms with Gasteiger partial charge in [0.15, 0.2) is 0 Å². The van der Waals surface area contributed by atoms with Crippen molar-refractivity contribution in [2.24, 2.45) is 0 Å². The number of aliphatic hydroxyl groups is 1. The van der Waals surface area contributed by atoms with Gasteiger partial charge in [0, 0.05) is 6.54 Å². The lowest BCUT2D eigenvalue weighted by molar-refractivity contribution is 0.106. The van der Waals surface area contributed by atoms with Gasteiger partial charge in [-0.05, 0) is 31.2 Å². The van der Waals surface area contributed by atoms with Gasteiger partial charge < -0.3 is 15.2 Å². The van der Waals surface area contributed by atoms with E-state index >= 15 is 0 Å². The fraction of sp³-hybridized carbons (Fsp3) is 0.357. The molecule has 0 radical (unpaired) electrons. The third-order valence-corrected chi connectivity index (χ3v) is 2.31. The van der Waals surface area contributed by atoms with Gasteiger partial charge in [-0.3, -0.25) is 0 Å². The molecule has 1 rings (SSSR count). The molecule has 18 heavy (non-hydrogen) atoms. The first-order valence-electron chi connectivity index (χ1n) is 5.89. The van der Waals surface area contributed by atoms with Gasteiger partial charge in [-0.1, -0.05) is 12.1 Å². The maximum atomic E-state index is 9.66. The molecular formula is C14H18N2O2. The SMILES string of the molecule is C=CCCNCC(O)COc1cccc(C#N)c1. The first-order valence-corrected chi connectivity index (χ1v) is 5.89. The van der Waals surface area contributed by atoms with Gasteiger partial charge in [0.2, 0.25) is 0 Å².